The van der Waals surface area contributed by atoms with E-state index in [2.05, 4.69) is 14.7 Å². The molecular formula is C17H19N3O2S. The third-order valence-electron chi connectivity index (χ3n) is 3.74. The van der Waals surface area contributed by atoms with Crippen molar-refractivity contribution in [2.45, 2.75) is 12.8 Å². The zero-order valence-corrected chi connectivity index (χ0v) is 13.5. The number of H-pyrrole nitrogens is 1. The van der Waals surface area contributed by atoms with E-state index in [4.69, 9.17) is 0 Å². The Morgan fingerprint density at radius 2 is 1.87 bits per heavy atom. The van der Waals surface area contributed by atoms with Crippen LogP contribution in [-0.2, 0) is 22.9 Å². The number of hydrogen-bond acceptors (Lipinski definition) is 3. The topological polar surface area (TPSA) is 74.8 Å². The molecule has 2 heterocycles. The van der Waals surface area contributed by atoms with Crippen LogP contribution in [0.15, 0.2) is 54.9 Å². The van der Waals surface area contributed by atoms with Crippen LogP contribution in [0.2, 0.25) is 0 Å². The normalized spacial score (nSPS) is 11.8. The van der Waals surface area contributed by atoms with Crippen LogP contribution in [0.5, 0.6) is 0 Å². The van der Waals surface area contributed by atoms with Crippen LogP contribution >= 0.6 is 0 Å². The number of nitrogens with one attached hydrogen (secondary N) is 2. The summed E-state index contributed by atoms with van der Waals surface area (Å²) >= 11 is 0. The molecule has 0 atom stereocenters. The maximum atomic E-state index is 12.0. The summed E-state index contributed by atoms with van der Waals surface area (Å²) in [5.74, 6) is 0.0535. The fourth-order valence-electron chi connectivity index (χ4n) is 2.54. The fraction of sp³-hybridized carbons (Fsp3) is 0.235. The summed E-state index contributed by atoms with van der Waals surface area (Å²) in [7, 11) is -3.29. The minimum Gasteiger partial charge on any atom is -0.361 e. The molecule has 2 aromatic heterocycles. The van der Waals surface area contributed by atoms with Crippen molar-refractivity contribution in [2.24, 2.45) is 0 Å². The van der Waals surface area contributed by atoms with Crippen LogP contribution < -0.4 is 4.72 Å². The summed E-state index contributed by atoms with van der Waals surface area (Å²) in [5, 5.41) is 1.14. The van der Waals surface area contributed by atoms with Crippen molar-refractivity contribution in [1.29, 1.82) is 0 Å². The molecule has 0 aliphatic carbocycles. The maximum Gasteiger partial charge on any atom is 0.211 e. The second kappa shape index (κ2) is 6.93. The lowest BCUT2D eigenvalue weighted by Crippen LogP contribution is -2.29. The predicted molar refractivity (Wildman–Crippen MR) is 91.7 cm³/mol. The predicted octanol–water partition coefficient (Wildman–Crippen LogP) is 2.27. The Hall–Kier alpha value is -2.18. The standard InChI is InChI=1S/C17H19N3O2S/c21-23(22,12-9-15-5-3-4-10-18-15)20-11-8-14-13-19-17-7-2-1-6-16(14)17/h1-7,10,13,19-20H,8-9,11-12H2. The van der Waals surface area contributed by atoms with E-state index in [1.54, 1.807) is 6.20 Å². The second-order valence-corrected chi connectivity index (χ2v) is 7.32. The fourth-order valence-corrected chi connectivity index (χ4v) is 3.57. The minimum atomic E-state index is -3.29. The van der Waals surface area contributed by atoms with E-state index in [-0.39, 0.29) is 5.75 Å². The molecule has 120 valence electrons. The number of sulfonamides is 1. The molecule has 0 aliphatic rings. The van der Waals surface area contributed by atoms with Gasteiger partial charge in [-0.15, -0.1) is 0 Å². The third-order valence-corrected chi connectivity index (χ3v) is 5.13. The lowest BCUT2D eigenvalue weighted by atomic mass is 10.1. The van der Waals surface area contributed by atoms with Gasteiger partial charge in [0.2, 0.25) is 10.0 Å². The van der Waals surface area contributed by atoms with Crippen LogP contribution in [0.25, 0.3) is 10.9 Å². The summed E-state index contributed by atoms with van der Waals surface area (Å²) in [6.07, 6.45) is 4.69. The largest absolute Gasteiger partial charge is 0.361 e. The number of fused-ring (bicyclic) bond motifs is 1. The molecule has 23 heavy (non-hydrogen) atoms. The van der Waals surface area contributed by atoms with Crippen molar-refractivity contribution < 1.29 is 8.42 Å². The van der Waals surface area contributed by atoms with Gasteiger partial charge in [-0.25, -0.2) is 13.1 Å². The number of aromatic amines is 1. The third kappa shape index (κ3) is 4.18. The Balaban J connectivity index is 1.53. The highest BCUT2D eigenvalue weighted by Gasteiger charge is 2.11. The first kappa shape index (κ1) is 15.7. The monoisotopic (exact) mass is 329 g/mol. The zero-order chi connectivity index (χ0) is 16.1. The number of aryl methyl sites for hydroxylation is 1. The van der Waals surface area contributed by atoms with Gasteiger partial charge in [-0.3, -0.25) is 4.98 Å². The Morgan fingerprint density at radius 1 is 1.04 bits per heavy atom. The molecule has 0 fully saturated rings. The van der Waals surface area contributed by atoms with Crippen molar-refractivity contribution >= 4 is 20.9 Å². The number of hydrogen-bond donors (Lipinski definition) is 2. The molecule has 6 heteroatoms. The van der Waals surface area contributed by atoms with Crippen LogP contribution in [0, 0.1) is 0 Å². The number of nitrogens with zero attached hydrogens (tertiary/aromatic N) is 1. The van der Waals surface area contributed by atoms with Gasteiger partial charge in [-0.2, -0.15) is 0 Å². The Labute approximate surface area is 135 Å². The van der Waals surface area contributed by atoms with Crippen molar-refractivity contribution in [2.75, 3.05) is 12.3 Å². The average Bonchev–Trinajstić information content (AvgIpc) is 2.97. The summed E-state index contributed by atoms with van der Waals surface area (Å²) in [5.41, 5.74) is 2.98. The average molecular weight is 329 g/mol. The number of pyridine rings is 1. The van der Waals surface area contributed by atoms with Crippen molar-refractivity contribution in [1.82, 2.24) is 14.7 Å². The van der Waals surface area contributed by atoms with E-state index >= 15 is 0 Å². The second-order valence-electron chi connectivity index (χ2n) is 5.39. The molecule has 0 aliphatic heterocycles. The SMILES string of the molecule is O=S(=O)(CCc1ccccn1)NCCc1c[nH]c2ccccc12. The molecule has 0 spiro atoms. The van der Waals surface area contributed by atoms with E-state index < -0.39 is 10.0 Å². The van der Waals surface area contributed by atoms with E-state index in [1.165, 1.54) is 0 Å². The molecule has 5 nitrogen and oxygen atoms in total. The first-order valence-electron chi connectivity index (χ1n) is 7.56. The zero-order valence-electron chi connectivity index (χ0n) is 12.7. The van der Waals surface area contributed by atoms with Gasteiger partial charge in [0.15, 0.2) is 0 Å². The number of rotatable bonds is 7. The molecular weight excluding hydrogens is 310 g/mol. The van der Waals surface area contributed by atoms with Crippen LogP contribution in [0.4, 0.5) is 0 Å². The molecule has 0 saturated heterocycles. The molecule has 0 saturated carbocycles. The van der Waals surface area contributed by atoms with Crippen molar-refractivity contribution in [3.8, 4) is 0 Å². The lowest BCUT2D eigenvalue weighted by Gasteiger charge is -2.06. The Bertz CT molecular complexity index is 873. The molecule has 1 aromatic carbocycles. The van der Waals surface area contributed by atoms with Crippen LogP contribution in [0.3, 0.4) is 0 Å². The van der Waals surface area contributed by atoms with Crippen molar-refractivity contribution in [3.63, 3.8) is 0 Å². The highest BCUT2D eigenvalue weighted by Crippen LogP contribution is 2.17. The van der Waals surface area contributed by atoms with Gasteiger partial charge < -0.3 is 4.98 Å². The highest BCUT2D eigenvalue weighted by molar-refractivity contribution is 7.89. The van der Waals surface area contributed by atoms with E-state index in [0.717, 1.165) is 22.2 Å². The van der Waals surface area contributed by atoms with Gasteiger partial charge in [-0.05, 0) is 30.2 Å². The quantitative estimate of drug-likeness (QED) is 0.698. The number of aromatic nitrogens is 2. The minimum absolute atomic E-state index is 0.0535. The van der Waals surface area contributed by atoms with Gasteiger partial charge in [0, 0.05) is 42.0 Å². The van der Waals surface area contributed by atoms with Gasteiger partial charge in [0.25, 0.3) is 0 Å². The van der Waals surface area contributed by atoms with Gasteiger partial charge in [-0.1, -0.05) is 24.3 Å². The van der Waals surface area contributed by atoms with Gasteiger partial charge in [0.05, 0.1) is 5.75 Å². The summed E-state index contributed by atoms with van der Waals surface area (Å²) in [6, 6.07) is 13.5. The van der Waals surface area contributed by atoms with E-state index in [0.29, 0.717) is 19.4 Å². The molecule has 0 unspecified atom stereocenters. The first-order valence-corrected chi connectivity index (χ1v) is 9.21. The van der Waals surface area contributed by atoms with E-state index in [1.807, 2.05) is 48.7 Å². The van der Waals surface area contributed by atoms with Gasteiger partial charge in [0.1, 0.15) is 0 Å². The summed E-state index contributed by atoms with van der Waals surface area (Å²) in [4.78, 5) is 7.34. The number of para-hydroxylation sites is 1. The molecule has 3 aromatic rings. The molecule has 0 amide bonds. The van der Waals surface area contributed by atoms with Crippen LogP contribution in [0.1, 0.15) is 11.3 Å². The first-order chi connectivity index (χ1) is 11.1. The maximum absolute atomic E-state index is 12.0. The molecule has 0 bridgehead atoms. The lowest BCUT2D eigenvalue weighted by molar-refractivity contribution is 0.580. The van der Waals surface area contributed by atoms with E-state index in [9.17, 15) is 8.42 Å². The Kier molecular flexibility index (Phi) is 4.73. The smallest absolute Gasteiger partial charge is 0.211 e. The number of benzene rings is 1. The molecule has 0 radical (unpaired) electrons. The molecule has 2 N–H and O–H groups in total. The Morgan fingerprint density at radius 3 is 2.70 bits per heavy atom. The van der Waals surface area contributed by atoms with Crippen LogP contribution in [-0.4, -0.2) is 30.7 Å². The summed E-state index contributed by atoms with van der Waals surface area (Å²) in [6.45, 7) is 0.395. The summed E-state index contributed by atoms with van der Waals surface area (Å²) < 4.78 is 26.8. The molecule has 3 rings (SSSR count). The highest BCUT2D eigenvalue weighted by atomic mass is 32.2. The van der Waals surface area contributed by atoms with Crippen molar-refractivity contribution in [3.05, 3.63) is 66.1 Å². The van der Waals surface area contributed by atoms with Gasteiger partial charge >= 0.3 is 0 Å².